The molecule has 0 fully saturated rings. The van der Waals surface area contributed by atoms with Crippen molar-refractivity contribution in [2.75, 3.05) is 19.5 Å². The molecule has 24 heavy (non-hydrogen) atoms. The van der Waals surface area contributed by atoms with E-state index in [0.29, 0.717) is 23.7 Å². The van der Waals surface area contributed by atoms with Crippen LogP contribution in [0.15, 0.2) is 36.7 Å². The van der Waals surface area contributed by atoms with Crippen LogP contribution in [0.3, 0.4) is 0 Å². The lowest BCUT2D eigenvalue weighted by molar-refractivity contribution is 0.0113. The van der Waals surface area contributed by atoms with Gasteiger partial charge in [-0.25, -0.2) is 4.79 Å². The Morgan fingerprint density at radius 1 is 1.21 bits per heavy atom. The summed E-state index contributed by atoms with van der Waals surface area (Å²) in [6.45, 7) is 4.72. The zero-order chi connectivity index (χ0) is 17.6. The van der Waals surface area contributed by atoms with Crippen LogP contribution in [-0.2, 0) is 11.3 Å². The normalized spacial score (nSPS) is 11.2. The van der Waals surface area contributed by atoms with Crippen LogP contribution in [0, 0.1) is 0 Å². The highest BCUT2D eigenvalue weighted by Gasteiger charge is 2.16. The van der Waals surface area contributed by atoms with E-state index < -0.39 is 6.09 Å². The van der Waals surface area contributed by atoms with Gasteiger partial charge in [0, 0.05) is 19.9 Å². The molecule has 2 aromatic rings. The lowest BCUT2D eigenvalue weighted by Gasteiger charge is -2.22. The first-order valence-corrected chi connectivity index (χ1v) is 7.62. The van der Waals surface area contributed by atoms with Gasteiger partial charge in [0.15, 0.2) is 0 Å². The van der Waals surface area contributed by atoms with E-state index in [0.717, 1.165) is 6.42 Å². The number of rotatable bonds is 7. The molecule has 1 aromatic carbocycles. The second-order valence-corrected chi connectivity index (χ2v) is 5.90. The molecule has 0 radical (unpaired) electrons. The van der Waals surface area contributed by atoms with E-state index >= 15 is 0 Å². The third-order valence-corrected chi connectivity index (χ3v) is 3.65. The summed E-state index contributed by atoms with van der Waals surface area (Å²) in [5.41, 5.74) is 0.357. The topological polar surface area (TPSA) is 74.6 Å². The van der Waals surface area contributed by atoms with Crippen LogP contribution in [0.4, 0.5) is 10.5 Å². The first kappa shape index (κ1) is 17.8. The highest BCUT2D eigenvalue weighted by molar-refractivity contribution is 5.85. The Morgan fingerprint density at radius 2 is 1.88 bits per heavy atom. The fourth-order valence-corrected chi connectivity index (χ4v) is 1.93. The molecule has 0 spiro atoms. The smallest absolute Gasteiger partial charge is 0.417 e. The average molecular weight is 333 g/mol. The summed E-state index contributed by atoms with van der Waals surface area (Å²) < 4.78 is 17.4. The van der Waals surface area contributed by atoms with Gasteiger partial charge in [0.25, 0.3) is 0 Å². The zero-order valence-corrected chi connectivity index (χ0v) is 14.4. The summed E-state index contributed by atoms with van der Waals surface area (Å²) in [4.78, 5) is 11.9. The van der Waals surface area contributed by atoms with Crippen molar-refractivity contribution in [3.63, 3.8) is 0 Å². The van der Waals surface area contributed by atoms with Crippen molar-refractivity contribution < 1.29 is 19.0 Å². The molecular formula is C17H23N3O4. The monoisotopic (exact) mass is 333 g/mol. The minimum absolute atomic E-state index is 0.215. The first-order valence-electron chi connectivity index (χ1n) is 7.62. The second-order valence-electron chi connectivity index (χ2n) is 5.90. The number of hydrogen-bond acceptors (Lipinski definition) is 5. The molecule has 7 heteroatoms. The molecule has 0 aliphatic carbocycles. The predicted octanol–water partition coefficient (Wildman–Crippen LogP) is 3.32. The lowest BCUT2D eigenvalue weighted by atomic mass is 10.1. The number of carbonyl (C=O) groups is 1. The number of methoxy groups -OCH3 is 2. The highest BCUT2D eigenvalue weighted by Crippen LogP contribution is 2.18. The Kier molecular flexibility index (Phi) is 5.81. The number of hydrogen-bond donors (Lipinski definition) is 1. The second kappa shape index (κ2) is 7.83. The Hall–Kier alpha value is -2.54. The van der Waals surface area contributed by atoms with E-state index in [4.69, 9.17) is 14.2 Å². The van der Waals surface area contributed by atoms with E-state index in [2.05, 4.69) is 10.4 Å². The van der Waals surface area contributed by atoms with Crippen LogP contribution in [-0.4, -0.2) is 35.7 Å². The van der Waals surface area contributed by atoms with E-state index in [1.807, 2.05) is 13.8 Å². The molecule has 130 valence electrons. The van der Waals surface area contributed by atoms with Crippen LogP contribution in [0.1, 0.15) is 20.3 Å². The van der Waals surface area contributed by atoms with Crippen LogP contribution in [0.5, 0.6) is 11.5 Å². The van der Waals surface area contributed by atoms with E-state index in [1.54, 1.807) is 55.6 Å². The molecule has 0 aliphatic rings. The van der Waals surface area contributed by atoms with E-state index in [1.165, 1.54) is 0 Å². The van der Waals surface area contributed by atoms with Gasteiger partial charge < -0.3 is 14.2 Å². The van der Waals surface area contributed by atoms with Crippen molar-refractivity contribution in [3.8, 4) is 11.5 Å². The molecule has 0 unspecified atom stereocenters. The van der Waals surface area contributed by atoms with Gasteiger partial charge in [-0.05, 0) is 44.5 Å². The fraction of sp³-hybridized carbons (Fsp3) is 0.412. The molecule has 0 atom stereocenters. The maximum Gasteiger partial charge on any atom is 0.417 e. The van der Waals surface area contributed by atoms with Gasteiger partial charge >= 0.3 is 6.09 Å². The van der Waals surface area contributed by atoms with Gasteiger partial charge in [0.05, 0.1) is 24.6 Å². The summed E-state index contributed by atoms with van der Waals surface area (Å²) in [5, 5.41) is 6.85. The molecule has 0 aliphatic heterocycles. The summed E-state index contributed by atoms with van der Waals surface area (Å²) in [5.74, 6) is 1.13. The van der Waals surface area contributed by atoms with Crippen LogP contribution in [0.25, 0.3) is 0 Å². The molecule has 2 rings (SSSR count). The van der Waals surface area contributed by atoms with Crippen LogP contribution < -0.4 is 14.8 Å². The van der Waals surface area contributed by atoms with Gasteiger partial charge in [-0.1, -0.05) is 0 Å². The minimum Gasteiger partial charge on any atom is -0.497 e. The van der Waals surface area contributed by atoms with Crippen molar-refractivity contribution in [2.45, 2.75) is 32.4 Å². The molecule has 1 aromatic heterocycles. The van der Waals surface area contributed by atoms with Crippen molar-refractivity contribution >= 4 is 11.8 Å². The maximum atomic E-state index is 11.9. The van der Waals surface area contributed by atoms with Gasteiger partial charge in [0.2, 0.25) is 0 Å². The van der Waals surface area contributed by atoms with Gasteiger partial charge in [0.1, 0.15) is 11.5 Å². The van der Waals surface area contributed by atoms with Crippen molar-refractivity contribution in [1.29, 1.82) is 0 Å². The molecule has 1 N–H and O–H groups in total. The van der Waals surface area contributed by atoms with Gasteiger partial charge in [-0.3, -0.25) is 10.00 Å². The number of nitrogens with zero attached hydrogens (tertiary/aromatic N) is 2. The molecule has 1 amide bonds. The Labute approximate surface area is 141 Å². The summed E-state index contributed by atoms with van der Waals surface area (Å²) >= 11 is 0. The maximum absolute atomic E-state index is 11.9. The fourth-order valence-electron chi connectivity index (χ4n) is 1.93. The van der Waals surface area contributed by atoms with Gasteiger partial charge in [-0.2, -0.15) is 5.10 Å². The SMILES string of the molecule is COc1ccc(OC(=O)Nc2cnn(CCC(C)(C)OC)c2)cc1. The number of ether oxygens (including phenoxy) is 3. The molecule has 7 nitrogen and oxygen atoms in total. The number of benzene rings is 1. The number of carbonyl (C=O) groups excluding carboxylic acids is 1. The summed E-state index contributed by atoms with van der Waals surface area (Å²) in [6, 6.07) is 6.76. The minimum atomic E-state index is -0.572. The quantitative estimate of drug-likeness (QED) is 0.841. The third-order valence-electron chi connectivity index (χ3n) is 3.65. The number of nitrogens with one attached hydrogen (secondary N) is 1. The average Bonchev–Trinajstić information content (AvgIpc) is 3.01. The number of anilines is 1. The van der Waals surface area contributed by atoms with Crippen molar-refractivity contribution in [3.05, 3.63) is 36.7 Å². The molecule has 0 saturated heterocycles. The molecular weight excluding hydrogens is 310 g/mol. The molecule has 0 bridgehead atoms. The molecule has 0 saturated carbocycles. The van der Waals surface area contributed by atoms with Crippen molar-refractivity contribution in [1.82, 2.24) is 9.78 Å². The third kappa shape index (κ3) is 5.27. The number of aromatic nitrogens is 2. The number of amides is 1. The standard InChI is InChI=1S/C17H23N3O4/c1-17(2,23-4)9-10-20-12-13(11-18-20)19-16(21)24-15-7-5-14(22-3)6-8-15/h5-8,11-12H,9-10H2,1-4H3,(H,19,21). The van der Waals surface area contributed by atoms with E-state index in [-0.39, 0.29) is 5.60 Å². The lowest BCUT2D eigenvalue weighted by Crippen LogP contribution is -2.24. The van der Waals surface area contributed by atoms with Crippen LogP contribution in [0.2, 0.25) is 0 Å². The zero-order valence-electron chi connectivity index (χ0n) is 14.4. The summed E-state index contributed by atoms with van der Waals surface area (Å²) in [6.07, 6.45) is 3.56. The van der Waals surface area contributed by atoms with Gasteiger partial charge in [-0.15, -0.1) is 0 Å². The van der Waals surface area contributed by atoms with Crippen LogP contribution >= 0.6 is 0 Å². The van der Waals surface area contributed by atoms with Crippen molar-refractivity contribution in [2.24, 2.45) is 0 Å². The Morgan fingerprint density at radius 3 is 2.50 bits per heavy atom. The predicted molar refractivity (Wildman–Crippen MR) is 90.6 cm³/mol. The summed E-state index contributed by atoms with van der Waals surface area (Å²) in [7, 11) is 3.26. The Bertz CT molecular complexity index is 665. The highest BCUT2D eigenvalue weighted by atomic mass is 16.6. The first-order chi connectivity index (χ1) is 11.4. The Balaban J connectivity index is 1.85. The van der Waals surface area contributed by atoms with E-state index in [9.17, 15) is 4.79 Å². The largest absolute Gasteiger partial charge is 0.497 e. The number of aryl methyl sites for hydroxylation is 1. The molecule has 1 heterocycles.